The predicted octanol–water partition coefficient (Wildman–Crippen LogP) is 7.19. The van der Waals surface area contributed by atoms with Gasteiger partial charge in [-0.05, 0) is 118 Å². The van der Waals surface area contributed by atoms with E-state index in [-0.39, 0.29) is 50.7 Å². The standard InChI is InChI=1S/C75H99ClN16O10S/c1-41(2)33-58-70(97)81-62(42(3)4)71(98)80-56(73(100)88(12)59(34-44(7)40-93)69(96)78-46(9)68(95)83-65(66(102-14)50-23-17-15-18-24-50)72(99)82-63(43(5)6)74(101)89(58)13)35-51-37-90(57-26-20-19-25-54(51)57)38-53-39-91(87-85-53)32-22-16-21-31-77-60(94)36-55-67-86-84-48(11)92(67)75-61(45(8)47(10)103-75)64(79-55)49-27-29-52(76)30-28-49/h15,17-20,23-30,37,39,41-44,46,55-56,58-59,62-63,65-66,93H,16,21-22,31-36,38,40H2,1-14H3,(H,77,94)(H,78,96)(H,80,98)(H,81,97)(H,82,99)(H,83,95). The molecule has 28 heteroatoms. The van der Waals surface area contributed by atoms with Crippen molar-refractivity contribution in [2.75, 3.05) is 34.4 Å². The number of nitrogens with zero attached hydrogens (tertiary/aromatic N) is 10. The van der Waals surface area contributed by atoms with Crippen LogP contribution < -0.4 is 31.9 Å². The van der Waals surface area contributed by atoms with Gasteiger partial charge in [0.1, 0.15) is 71.0 Å². The minimum absolute atomic E-state index is 0.0722. The van der Waals surface area contributed by atoms with Crippen molar-refractivity contribution in [1.29, 1.82) is 0 Å². The molecule has 0 radical (unpaired) electrons. The van der Waals surface area contributed by atoms with Gasteiger partial charge in [0.25, 0.3) is 0 Å². The number of amides is 8. The first-order valence-electron chi connectivity index (χ1n) is 35.4. The number of thiophene rings is 1. The molecule has 103 heavy (non-hydrogen) atoms. The lowest BCUT2D eigenvalue weighted by molar-refractivity contribution is -0.145. The number of aliphatic hydroxyl groups excluding tert-OH is 1. The van der Waals surface area contributed by atoms with E-state index in [1.165, 1.54) is 37.9 Å². The van der Waals surface area contributed by atoms with Crippen molar-refractivity contribution in [3.63, 3.8) is 0 Å². The molecule has 0 saturated carbocycles. The number of ether oxygens (including phenoxy) is 1. The third kappa shape index (κ3) is 18.6. The van der Waals surface area contributed by atoms with Gasteiger partial charge in [0.05, 0.1) is 24.9 Å². The summed E-state index contributed by atoms with van der Waals surface area (Å²) in [5.74, 6) is -5.63. The van der Waals surface area contributed by atoms with E-state index in [1.807, 2.05) is 90.8 Å². The molecule has 9 rings (SSSR count). The van der Waals surface area contributed by atoms with Gasteiger partial charge in [0, 0.05) is 85.4 Å². The monoisotopic (exact) mass is 1450 g/mol. The van der Waals surface area contributed by atoms with Crippen LogP contribution in [0.5, 0.6) is 0 Å². The first-order valence-corrected chi connectivity index (χ1v) is 36.6. The van der Waals surface area contributed by atoms with Crippen LogP contribution in [-0.2, 0) is 62.6 Å². The molecule has 10 atom stereocenters. The molecule has 0 spiro atoms. The number of hydrogen-bond donors (Lipinski definition) is 7. The second kappa shape index (κ2) is 34.9. The van der Waals surface area contributed by atoms with Gasteiger partial charge in [0.15, 0.2) is 5.82 Å². The Kier molecular flexibility index (Phi) is 26.4. The minimum atomic E-state index is -1.48. The number of unbranched alkanes of at least 4 members (excludes halogenated alkanes) is 2. The van der Waals surface area contributed by atoms with Crippen LogP contribution in [0, 0.1) is 44.4 Å². The van der Waals surface area contributed by atoms with Crippen LogP contribution in [0.25, 0.3) is 15.9 Å². The molecule has 2 aliphatic heterocycles. The quantitative estimate of drug-likeness (QED) is 0.0312. The maximum absolute atomic E-state index is 15.6. The smallest absolute Gasteiger partial charge is 0.246 e. The number of nitrogens with one attached hydrogen (secondary N) is 6. The molecule has 8 amide bonds. The topological polar surface area (TPSA) is 323 Å². The molecule has 0 aliphatic carbocycles. The Labute approximate surface area is 610 Å². The lowest BCUT2D eigenvalue weighted by Crippen LogP contribution is -2.62. The molecule has 3 aromatic carbocycles. The highest BCUT2D eigenvalue weighted by atomic mass is 35.5. The van der Waals surface area contributed by atoms with E-state index in [0.29, 0.717) is 53.0 Å². The summed E-state index contributed by atoms with van der Waals surface area (Å²) in [5, 5.41) is 48.2. The minimum Gasteiger partial charge on any atom is -0.396 e. The Morgan fingerprint density at radius 2 is 1.35 bits per heavy atom. The van der Waals surface area contributed by atoms with Gasteiger partial charge in [-0.2, -0.15) is 0 Å². The summed E-state index contributed by atoms with van der Waals surface area (Å²) in [7, 11) is 4.27. The lowest BCUT2D eigenvalue weighted by atomic mass is 9.96. The number of aromatic nitrogens is 7. The van der Waals surface area contributed by atoms with E-state index in [0.717, 1.165) is 56.0 Å². The number of hydrogen-bond acceptors (Lipinski definition) is 16. The van der Waals surface area contributed by atoms with Crippen LogP contribution >= 0.6 is 22.9 Å². The zero-order valence-corrected chi connectivity index (χ0v) is 62.9. The van der Waals surface area contributed by atoms with Crippen molar-refractivity contribution in [2.24, 2.45) is 28.7 Å². The SMILES string of the molecule is COC(c1ccccc1)C1NC(=O)C(C)NC(=O)C(CC(C)CO)N(C)C(=O)C(Cc2cn(Cc3cn(CCCCCNC(=O)CC4N=C(c5ccc(Cl)cc5)c5c(sc(C)c5C)-n5c(C)nnc54)nn3)c3ccccc23)NC(=O)C(C(C)C)NC(=O)C(CC(C)C)N(C)C(=O)C(C(C)C)NC1=O. The molecule has 1 saturated heterocycles. The van der Waals surface area contributed by atoms with Gasteiger partial charge in [0.2, 0.25) is 47.3 Å². The number of halogens is 1. The Balaban J connectivity index is 0.931. The van der Waals surface area contributed by atoms with Gasteiger partial charge >= 0.3 is 0 Å². The molecule has 26 nitrogen and oxygen atoms in total. The molecule has 10 unspecified atom stereocenters. The highest BCUT2D eigenvalue weighted by molar-refractivity contribution is 7.15. The molecule has 7 N–H and O–H groups in total. The van der Waals surface area contributed by atoms with E-state index in [1.54, 1.807) is 81.0 Å². The number of para-hydroxylation sites is 1. The maximum Gasteiger partial charge on any atom is 0.246 e. The normalized spacial score (nSPS) is 21.3. The second-order valence-corrected chi connectivity index (χ2v) is 30.0. The fourth-order valence-corrected chi connectivity index (χ4v) is 14.7. The van der Waals surface area contributed by atoms with Gasteiger partial charge in [-0.25, -0.2) is 0 Å². The fraction of sp³-hybridized carbons (Fsp3) is 0.507. The number of carbonyl (C=O) groups is 8. The molecule has 0 bridgehead atoms. The van der Waals surface area contributed by atoms with E-state index in [2.05, 4.69) is 66.3 Å². The van der Waals surface area contributed by atoms with Gasteiger partial charge in [-0.3, -0.25) is 52.6 Å². The number of methoxy groups -OCH3 is 1. The van der Waals surface area contributed by atoms with Crippen LogP contribution in [0.1, 0.15) is 156 Å². The van der Waals surface area contributed by atoms with Crippen molar-refractivity contribution < 1.29 is 48.2 Å². The lowest BCUT2D eigenvalue weighted by Gasteiger charge is -2.35. The molecule has 2 aliphatic rings. The number of aliphatic imine (C=N–C) groups is 1. The number of aliphatic hydroxyl groups is 1. The number of aryl methyl sites for hydroxylation is 3. The first kappa shape index (κ1) is 78.0. The van der Waals surface area contributed by atoms with Crippen LogP contribution in [0.4, 0.5) is 0 Å². The molecule has 1 fully saturated rings. The van der Waals surface area contributed by atoms with Gasteiger partial charge < -0.3 is 56.1 Å². The summed E-state index contributed by atoms with van der Waals surface area (Å²) >= 11 is 7.97. The molecular formula is C75H99ClN16O10S. The summed E-state index contributed by atoms with van der Waals surface area (Å²) in [4.78, 5) is 127. The van der Waals surface area contributed by atoms with Crippen LogP contribution in [0.2, 0.25) is 5.02 Å². The van der Waals surface area contributed by atoms with Crippen molar-refractivity contribution in [3.8, 4) is 5.00 Å². The fourth-order valence-electron chi connectivity index (χ4n) is 13.3. The molecule has 7 aromatic rings. The van der Waals surface area contributed by atoms with Gasteiger partial charge in [-0.15, -0.1) is 26.6 Å². The second-order valence-electron chi connectivity index (χ2n) is 28.4. The number of benzene rings is 3. The highest BCUT2D eigenvalue weighted by Crippen LogP contribution is 2.40. The average molecular weight is 1450 g/mol. The van der Waals surface area contributed by atoms with Crippen molar-refractivity contribution in [3.05, 3.63) is 146 Å². The number of fused-ring (bicyclic) bond motifs is 4. The zero-order valence-electron chi connectivity index (χ0n) is 61.3. The summed E-state index contributed by atoms with van der Waals surface area (Å²) in [5.41, 5.74) is 6.37. The third-order valence-electron chi connectivity index (χ3n) is 19.3. The maximum atomic E-state index is 15.6. The van der Waals surface area contributed by atoms with E-state index in [9.17, 15) is 33.9 Å². The molecular weight excluding hydrogens is 1350 g/mol. The van der Waals surface area contributed by atoms with Crippen LogP contribution in [0.3, 0.4) is 0 Å². The van der Waals surface area contributed by atoms with Crippen molar-refractivity contribution in [1.82, 2.24) is 76.0 Å². The summed E-state index contributed by atoms with van der Waals surface area (Å²) in [6.07, 6.45) is 4.98. The largest absolute Gasteiger partial charge is 0.396 e. The van der Waals surface area contributed by atoms with Gasteiger partial charge in [-0.1, -0.05) is 126 Å². The van der Waals surface area contributed by atoms with Crippen molar-refractivity contribution in [2.45, 2.75) is 189 Å². The predicted molar refractivity (Wildman–Crippen MR) is 394 cm³/mol. The Morgan fingerprint density at radius 1 is 0.709 bits per heavy atom. The van der Waals surface area contributed by atoms with Crippen molar-refractivity contribution >= 4 is 86.8 Å². The Morgan fingerprint density at radius 3 is 2.03 bits per heavy atom. The number of likely N-dealkylation sites (N-methyl/N-ethyl adjacent to an activating group) is 2. The summed E-state index contributed by atoms with van der Waals surface area (Å²) in [6.45, 7) is 20.9. The number of carbonyl (C=O) groups excluding carboxylic acids is 8. The number of rotatable bonds is 23. The average Bonchev–Trinajstić information content (AvgIpc) is 1.59. The van der Waals surface area contributed by atoms with E-state index in [4.69, 9.17) is 21.3 Å². The van der Waals surface area contributed by atoms with E-state index >= 15 is 9.59 Å². The third-order valence-corrected chi connectivity index (χ3v) is 20.8. The van der Waals surface area contributed by atoms with Crippen LogP contribution in [-0.4, -0.2) is 179 Å². The molecule has 552 valence electrons. The van der Waals surface area contributed by atoms with Crippen LogP contribution in [0.15, 0.2) is 96.2 Å². The first-order chi connectivity index (χ1) is 49.1. The Hall–Kier alpha value is -9.18. The zero-order chi connectivity index (χ0) is 74.7. The summed E-state index contributed by atoms with van der Waals surface area (Å²) in [6, 6.07) is 14.1. The highest BCUT2D eigenvalue weighted by Gasteiger charge is 2.42. The molecule has 4 aromatic heterocycles. The summed E-state index contributed by atoms with van der Waals surface area (Å²) < 4.78 is 11.7. The Bertz CT molecular complexity index is 4200. The molecule has 6 heterocycles. The van der Waals surface area contributed by atoms with E-state index < -0.39 is 114 Å².